The minimum Gasteiger partial charge on any atom is -0.508 e. The Labute approximate surface area is 627 Å². The lowest BCUT2D eigenvalue weighted by Crippen LogP contribution is -2.64. The maximum Gasteiger partial charge on any atom is 0.335 e. The first kappa shape index (κ1) is 76.8. The number of halogens is 2. The summed E-state index contributed by atoms with van der Waals surface area (Å²) in [4.78, 5) is 121. The van der Waals surface area contributed by atoms with Gasteiger partial charge < -0.3 is 148 Å². The monoisotopic (exact) mass is 1560 g/mol. The fourth-order valence-electron chi connectivity index (χ4n) is 13.4. The number of hydrogen-bond donors (Lipinski definition) is 22. The van der Waals surface area contributed by atoms with Gasteiger partial charge in [-0.25, -0.2) is 9.59 Å². The minimum absolute atomic E-state index is 0.102. The number of fused-ring (bicyclic) bond motifs is 13. The van der Waals surface area contributed by atoms with Crippen LogP contribution in [0.25, 0.3) is 11.1 Å². The summed E-state index contributed by atoms with van der Waals surface area (Å²) in [5, 5.41) is 175. The molecule has 8 aliphatic heterocycles. The van der Waals surface area contributed by atoms with E-state index in [1.165, 1.54) is 19.2 Å². The fourth-order valence-corrected chi connectivity index (χ4v) is 13.9. The van der Waals surface area contributed by atoms with E-state index >= 15 is 24.0 Å². The van der Waals surface area contributed by atoms with Crippen molar-refractivity contribution < 1.29 is 143 Å². The number of aromatic hydroxyl groups is 4. The maximum atomic E-state index is 16.6. The van der Waals surface area contributed by atoms with Crippen LogP contribution in [0.1, 0.15) is 81.4 Å². The number of aliphatic hydroxyl groups is 8. The summed E-state index contributed by atoms with van der Waals surface area (Å²) in [5.74, 6) is -20.2. The SMILES string of the molecule is CNC1C(=O)NC2C(=O)NC(C(=O)NC3C(=O)NC4C(=O)NC(C(=O)NC(C(=O)O)c5cc(O)cc(OC6O[C@H](CO)[C@@H](O)[C@H](O)[C@@H]6O)c5-c5c(O)cccc54)C(O)c4ccc(c(Cl)c4)Oc4cc3cc(c4O[C@H]3OC(C(=O)O)[C@H](O)[C@@H](O)[C@@H]3N)Oc3ccc(cc3Cl)C2O)c2cc(O)cc(c2)Oc2cc1ccc2O. The van der Waals surface area contributed by atoms with Crippen LogP contribution in [0.4, 0.5) is 0 Å². The van der Waals surface area contributed by atoms with Gasteiger partial charge in [-0.05, 0) is 113 Å². The zero-order chi connectivity index (χ0) is 78.9. The van der Waals surface area contributed by atoms with Crippen molar-refractivity contribution in [2.75, 3.05) is 13.7 Å². The number of benzene rings is 7. The molecular weight excluding hydrogens is 1500 g/mol. The molecule has 23 N–H and O–H groups in total. The highest BCUT2D eigenvalue weighted by Crippen LogP contribution is 2.51. The van der Waals surface area contributed by atoms with Crippen LogP contribution >= 0.6 is 23.2 Å². The molecule has 6 amide bonds. The number of aliphatic hydroxyl groups excluding tert-OH is 8. The van der Waals surface area contributed by atoms with Gasteiger partial charge in [-0.15, -0.1) is 0 Å². The fraction of sp³-hybridized carbons (Fsp3) is 0.296. The van der Waals surface area contributed by atoms with E-state index in [1.807, 2.05) is 0 Å². The molecule has 7 aromatic rings. The zero-order valence-corrected chi connectivity index (χ0v) is 57.9. The van der Waals surface area contributed by atoms with E-state index < -0.39 is 271 Å². The van der Waals surface area contributed by atoms with Gasteiger partial charge in [0.15, 0.2) is 35.1 Å². The number of likely N-dealkylation sites (N-methyl/N-ethyl adjacent to an activating group) is 1. The van der Waals surface area contributed by atoms with Gasteiger partial charge in [-0.2, -0.15) is 0 Å². The number of nitrogens with two attached hydrogens (primary N) is 1. The van der Waals surface area contributed by atoms with Crippen LogP contribution in [-0.2, 0) is 47.8 Å². The molecule has 2 fully saturated rings. The molecule has 8 heterocycles. The molecule has 2 saturated heterocycles. The Kier molecular flexibility index (Phi) is 21.3. The van der Waals surface area contributed by atoms with Gasteiger partial charge in [0.25, 0.3) is 0 Å². The third-order valence-corrected chi connectivity index (χ3v) is 19.6. The van der Waals surface area contributed by atoms with Crippen molar-refractivity contribution in [2.45, 2.75) is 116 Å². The van der Waals surface area contributed by atoms with Crippen LogP contribution in [0.3, 0.4) is 0 Å². The van der Waals surface area contributed by atoms with Crippen LogP contribution < -0.4 is 66.6 Å². The van der Waals surface area contributed by atoms with E-state index in [-0.39, 0.29) is 28.2 Å². The Balaban J connectivity index is 1.09. The molecule has 39 heteroatoms. The Morgan fingerprint density at radius 1 is 0.491 bits per heavy atom. The minimum atomic E-state index is -2.53. The molecule has 19 atom stereocenters. The highest BCUT2D eigenvalue weighted by molar-refractivity contribution is 6.32. The predicted octanol–water partition coefficient (Wildman–Crippen LogP) is -0.259. The van der Waals surface area contributed by atoms with Crippen LogP contribution in [-0.4, -0.2) is 206 Å². The predicted molar refractivity (Wildman–Crippen MR) is 369 cm³/mol. The number of carbonyl (C=O) groups excluding carboxylic acids is 6. The molecule has 11 unspecified atom stereocenters. The van der Waals surface area contributed by atoms with E-state index in [1.54, 1.807) is 0 Å². The number of carbonyl (C=O) groups is 8. The number of amides is 6. The van der Waals surface area contributed by atoms with Crippen molar-refractivity contribution in [3.63, 3.8) is 0 Å². The number of carboxylic acids is 2. The quantitative estimate of drug-likeness (QED) is 0.0932. The molecule has 0 spiro atoms. The third-order valence-electron chi connectivity index (χ3n) is 19.0. The second-order valence-corrected chi connectivity index (χ2v) is 26.9. The number of rotatable bonds is 8. The standard InChI is InChI=1S/C71H66Cl2N8O29/c1-75-46-22-5-8-34(85)38(15-22)104-29-12-25(11-27(83)18-29)47-63(95)76-48-26-16-40(105-36-9-6-23(13-32(36)72)53(87)51(66(98)77-47)80-62(46)94)60(109-70-45(74)56(90)58(92)61(110-70)69(102)103)41(17-26)106-37-10-7-24(14-33(37)73)54(88)52-67(99)79-50(68(100)101)31-19-28(84)20-39(107-71-59(93)57(91)55(89)42(21-82)108-71)44(31)43-30(3-2-4-35(43)86)49(65(97)81-52)78-64(48)96/h2-20,42,45-59,61,70-71,75,82-93H,21,74H2,1H3,(H,76,95)(H,77,98)(H,78,96)(H,79,99)(H,80,94)(H,81,97)(H,100,101)(H,102,103)/t42-,45+,46?,47?,48?,49?,50?,51?,52?,53?,54?,55-,56+,57+,58-,59+,61?,70+,71?/m1/s1. The Morgan fingerprint density at radius 2 is 1.05 bits per heavy atom. The molecule has 0 aromatic heterocycles. The van der Waals surface area contributed by atoms with E-state index in [4.69, 9.17) is 62.1 Å². The molecule has 15 bridgehead atoms. The van der Waals surface area contributed by atoms with Crippen molar-refractivity contribution in [2.24, 2.45) is 5.73 Å². The molecular formula is C71H66Cl2N8O29. The van der Waals surface area contributed by atoms with Gasteiger partial charge >= 0.3 is 11.9 Å². The molecule has 110 heavy (non-hydrogen) atoms. The van der Waals surface area contributed by atoms with Gasteiger partial charge in [0, 0.05) is 28.8 Å². The summed E-state index contributed by atoms with van der Waals surface area (Å²) in [6.45, 7) is -1.02. The highest BCUT2D eigenvalue weighted by atomic mass is 35.5. The number of hydrogen-bond acceptors (Lipinski definition) is 29. The summed E-state index contributed by atoms with van der Waals surface area (Å²) in [7, 11) is 1.35. The number of nitrogens with one attached hydrogen (secondary N) is 7. The Bertz CT molecular complexity index is 4900. The molecule has 0 saturated carbocycles. The molecule has 7 aromatic carbocycles. The topological polar surface area (TPSA) is 595 Å². The van der Waals surface area contributed by atoms with E-state index in [0.29, 0.717) is 0 Å². The molecule has 578 valence electrons. The van der Waals surface area contributed by atoms with Crippen molar-refractivity contribution in [3.8, 4) is 80.1 Å². The molecule has 0 aliphatic carbocycles. The van der Waals surface area contributed by atoms with Crippen molar-refractivity contribution in [3.05, 3.63) is 164 Å². The van der Waals surface area contributed by atoms with E-state index in [9.17, 15) is 85.9 Å². The van der Waals surface area contributed by atoms with E-state index in [0.717, 1.165) is 103 Å². The van der Waals surface area contributed by atoms with Crippen LogP contribution in [0.2, 0.25) is 10.0 Å². The number of ether oxygens (including phenoxy) is 7. The lowest BCUT2D eigenvalue weighted by Gasteiger charge is -2.40. The van der Waals surface area contributed by atoms with Crippen molar-refractivity contribution >= 4 is 70.6 Å². The van der Waals surface area contributed by atoms with Gasteiger partial charge in [-0.3, -0.25) is 28.8 Å². The summed E-state index contributed by atoms with van der Waals surface area (Å²) in [5.41, 5.74) is 1.99. The van der Waals surface area contributed by atoms with Gasteiger partial charge in [-0.1, -0.05) is 53.5 Å². The number of aliphatic carboxylic acids is 2. The average Bonchev–Trinajstić information content (AvgIpc) is 1.41. The average molecular weight is 1570 g/mol. The van der Waals surface area contributed by atoms with Crippen LogP contribution in [0.15, 0.2) is 115 Å². The summed E-state index contributed by atoms with van der Waals surface area (Å²) in [6, 6.07) is 1.88. The Morgan fingerprint density at radius 3 is 1.65 bits per heavy atom. The summed E-state index contributed by atoms with van der Waals surface area (Å²) >= 11 is 14.1. The van der Waals surface area contributed by atoms with Gasteiger partial charge in [0.2, 0.25) is 53.8 Å². The van der Waals surface area contributed by atoms with Crippen molar-refractivity contribution in [1.29, 1.82) is 0 Å². The lowest BCUT2D eigenvalue weighted by atomic mass is 9.87. The third kappa shape index (κ3) is 14.6. The smallest absolute Gasteiger partial charge is 0.335 e. The Hall–Kier alpha value is -11.4. The molecule has 0 radical (unpaired) electrons. The van der Waals surface area contributed by atoms with Crippen LogP contribution in [0, 0.1) is 0 Å². The molecule has 37 nitrogen and oxygen atoms in total. The molecule has 15 rings (SSSR count). The molecule has 8 aliphatic rings. The first-order chi connectivity index (χ1) is 52.3. The summed E-state index contributed by atoms with van der Waals surface area (Å²) in [6.07, 6.45) is -23.6. The van der Waals surface area contributed by atoms with E-state index in [2.05, 4.69) is 37.2 Å². The van der Waals surface area contributed by atoms with Gasteiger partial charge in [0.1, 0.15) is 125 Å². The highest BCUT2D eigenvalue weighted by Gasteiger charge is 2.50. The first-order valence-electron chi connectivity index (χ1n) is 33.2. The lowest BCUT2D eigenvalue weighted by molar-refractivity contribution is -0.277. The van der Waals surface area contributed by atoms with Gasteiger partial charge in [0.05, 0.1) is 22.7 Å². The number of carboxylic acid groups (broad SMARTS) is 2. The normalized spacial score (nSPS) is 28.8. The summed E-state index contributed by atoms with van der Waals surface area (Å²) < 4.78 is 42.9. The number of phenolic OH excluding ortho intramolecular Hbond substituents is 4. The maximum absolute atomic E-state index is 16.6. The van der Waals surface area contributed by atoms with Crippen LogP contribution in [0.5, 0.6) is 69.0 Å². The number of phenols is 4. The largest absolute Gasteiger partial charge is 0.508 e. The van der Waals surface area contributed by atoms with Crippen molar-refractivity contribution in [1.82, 2.24) is 37.2 Å². The second-order valence-electron chi connectivity index (χ2n) is 26.1. The second kappa shape index (κ2) is 30.6. The first-order valence-corrected chi connectivity index (χ1v) is 34.0. The zero-order valence-electron chi connectivity index (χ0n) is 56.4.